The lowest BCUT2D eigenvalue weighted by Crippen LogP contribution is -2.27. The summed E-state index contributed by atoms with van der Waals surface area (Å²) in [5.74, 6) is -0.639. The van der Waals surface area contributed by atoms with E-state index in [1.807, 2.05) is 37.1 Å². The molecule has 41 heavy (non-hydrogen) atoms. The number of amides is 1. The summed E-state index contributed by atoms with van der Waals surface area (Å²) in [5, 5.41) is 0.557. The van der Waals surface area contributed by atoms with Crippen molar-refractivity contribution in [3.05, 3.63) is 106 Å². The first kappa shape index (κ1) is 31.1. The molecule has 0 aliphatic carbocycles. The zero-order chi connectivity index (χ0) is 30.3. The Bertz CT molecular complexity index is 1680. The van der Waals surface area contributed by atoms with Crippen LogP contribution in [0.5, 0.6) is 5.75 Å². The molecule has 0 unspecified atom stereocenters. The lowest BCUT2D eigenvalue weighted by atomic mass is 9.97. The van der Waals surface area contributed by atoms with E-state index in [2.05, 4.69) is 16.0 Å². The van der Waals surface area contributed by atoms with Crippen molar-refractivity contribution in [2.24, 2.45) is 0 Å². The Hall–Kier alpha value is -4.42. The molecular weight excluding hydrogens is 551 g/mol. The Morgan fingerprint density at radius 2 is 1.90 bits per heavy atom. The van der Waals surface area contributed by atoms with Crippen LogP contribution in [0.1, 0.15) is 23.6 Å². The molecule has 2 aromatic carbocycles. The van der Waals surface area contributed by atoms with Crippen molar-refractivity contribution < 1.29 is 26.8 Å². The second-order valence-electron chi connectivity index (χ2n) is 9.22. The summed E-state index contributed by atoms with van der Waals surface area (Å²) in [7, 11) is 2.14. The van der Waals surface area contributed by atoms with Crippen molar-refractivity contribution in [2.45, 2.75) is 19.9 Å². The molecule has 0 atom stereocenters. The zero-order valence-corrected chi connectivity index (χ0v) is 24.3. The Labute approximate surface area is 238 Å². The van der Waals surface area contributed by atoms with Gasteiger partial charge in [0.05, 0.1) is 5.69 Å². The van der Waals surface area contributed by atoms with E-state index in [9.17, 15) is 18.0 Å². The lowest BCUT2D eigenvalue weighted by Gasteiger charge is -2.23. The van der Waals surface area contributed by atoms with Gasteiger partial charge in [-0.1, -0.05) is 30.9 Å². The number of benzene rings is 2. The molecule has 0 aliphatic heterocycles. The number of carbonyl (C=O) groups is 1. The molecule has 0 saturated heterocycles. The molecule has 2 N–H and O–H groups in total. The third-order valence-electron chi connectivity index (χ3n) is 6.08. The second-order valence-corrected chi connectivity index (χ2v) is 10.8. The minimum atomic E-state index is -3.97. The highest BCUT2D eigenvalue weighted by atomic mass is 32.2. The number of nitrogens with one attached hydrogen (secondary N) is 2. The van der Waals surface area contributed by atoms with Crippen molar-refractivity contribution >= 4 is 33.0 Å². The molecule has 1 heterocycles. The van der Waals surface area contributed by atoms with Crippen LogP contribution in [-0.4, -0.2) is 52.5 Å². The van der Waals surface area contributed by atoms with Crippen molar-refractivity contribution in [3.8, 4) is 5.75 Å². The summed E-state index contributed by atoms with van der Waals surface area (Å²) in [6.07, 6.45) is 6.42. The fourth-order valence-electron chi connectivity index (χ4n) is 4.01. The van der Waals surface area contributed by atoms with E-state index in [1.165, 1.54) is 36.2 Å². The number of halogens is 1. The molecule has 12 heteroatoms. The average molecular weight is 585 g/mol. The van der Waals surface area contributed by atoms with E-state index in [0.717, 1.165) is 5.70 Å². The largest absolute Gasteiger partial charge is 0.422 e. The van der Waals surface area contributed by atoms with E-state index in [0.29, 0.717) is 10.9 Å². The maximum atomic E-state index is 15.5. The molecule has 0 bridgehead atoms. The van der Waals surface area contributed by atoms with Crippen LogP contribution < -0.4 is 19.8 Å². The smallest absolute Gasteiger partial charge is 0.414 e. The van der Waals surface area contributed by atoms with Crippen LogP contribution in [0.15, 0.2) is 82.2 Å². The third kappa shape index (κ3) is 7.62. The van der Waals surface area contributed by atoms with Gasteiger partial charge in [-0.3, -0.25) is 4.72 Å². The first-order chi connectivity index (χ1) is 19.4. The van der Waals surface area contributed by atoms with Crippen LogP contribution in [0.3, 0.4) is 0 Å². The van der Waals surface area contributed by atoms with Gasteiger partial charge in [0, 0.05) is 63.9 Å². The Morgan fingerprint density at radius 3 is 2.54 bits per heavy atom. The molecule has 0 aliphatic rings. The van der Waals surface area contributed by atoms with Crippen molar-refractivity contribution in [1.82, 2.24) is 14.5 Å². The summed E-state index contributed by atoms with van der Waals surface area (Å²) in [6, 6.07) is 8.94. The van der Waals surface area contributed by atoms with Gasteiger partial charge in [-0.15, -0.1) is 0 Å². The molecule has 1 amide bonds. The van der Waals surface area contributed by atoms with Crippen molar-refractivity contribution in [2.75, 3.05) is 32.9 Å². The molecule has 218 valence electrons. The number of hydrogen-bond acceptors (Lipinski definition) is 7. The highest BCUT2D eigenvalue weighted by molar-refractivity contribution is 7.90. The summed E-state index contributed by atoms with van der Waals surface area (Å²) in [5.41, 5.74) is 0.847. The van der Waals surface area contributed by atoms with Crippen molar-refractivity contribution in [3.63, 3.8) is 0 Å². The maximum absolute atomic E-state index is 15.5. The molecule has 0 spiro atoms. The predicted molar refractivity (Wildman–Crippen MR) is 158 cm³/mol. The first-order valence-electron chi connectivity index (χ1n) is 12.5. The average Bonchev–Trinajstić information content (AvgIpc) is 2.92. The maximum Gasteiger partial charge on any atom is 0.414 e. The SMILES string of the molecule is C=C/C=C(\C=C/C)N(C)Cc1c(Cc2cccc(NS(=O)(=O)NC)c2F)c(=O)oc2cc(OC(=O)N(C)C)ccc12. The van der Waals surface area contributed by atoms with Gasteiger partial charge in [-0.05, 0) is 48.4 Å². The first-order valence-corrected chi connectivity index (χ1v) is 14.0. The highest BCUT2D eigenvalue weighted by Gasteiger charge is 2.21. The normalized spacial score (nSPS) is 12.0. The molecule has 3 aromatic rings. The fourth-order valence-corrected chi connectivity index (χ4v) is 4.56. The summed E-state index contributed by atoms with van der Waals surface area (Å²) >= 11 is 0. The molecular formula is C29H33FN4O6S. The topological polar surface area (TPSA) is 121 Å². The van der Waals surface area contributed by atoms with Crippen molar-refractivity contribution in [1.29, 1.82) is 0 Å². The number of anilines is 1. The number of rotatable bonds is 11. The van der Waals surface area contributed by atoms with Crippen LogP contribution in [0.25, 0.3) is 11.0 Å². The van der Waals surface area contributed by atoms with Crippen LogP contribution in [0.2, 0.25) is 0 Å². The molecule has 0 radical (unpaired) electrons. The van der Waals surface area contributed by atoms with Gasteiger partial charge in [0.25, 0.3) is 10.2 Å². The molecule has 10 nitrogen and oxygen atoms in total. The lowest BCUT2D eigenvalue weighted by molar-refractivity contribution is 0.172. The van der Waals surface area contributed by atoms with E-state index >= 15 is 4.39 Å². The monoisotopic (exact) mass is 584 g/mol. The molecule has 1 aromatic heterocycles. The minimum absolute atomic E-state index is 0.0868. The van der Waals surface area contributed by atoms with Crippen LogP contribution >= 0.6 is 0 Å². The third-order valence-corrected chi connectivity index (χ3v) is 7.11. The number of ether oxygens (including phenoxy) is 1. The van der Waals surface area contributed by atoms with Crippen LogP contribution in [0, 0.1) is 5.82 Å². The van der Waals surface area contributed by atoms with E-state index in [1.54, 1.807) is 32.3 Å². The standard InChI is InChI=1S/C29H33FN4O6S/c1-7-10-20(11-8-2)34(6)18-24-22-15-14-21(39-29(36)33(4)5)17-26(22)40-28(35)23(24)16-19-12-9-13-25(27(19)30)32-41(37,38)31-3/h7-15,17,31-32H,1,16,18H2,2-6H3/b11-8-,20-10+. The second kappa shape index (κ2) is 13.3. The number of fused-ring (bicyclic) bond motifs is 1. The van der Waals surface area contributed by atoms with E-state index in [-0.39, 0.29) is 41.1 Å². The number of nitrogens with zero attached hydrogens (tertiary/aromatic N) is 2. The number of carbonyl (C=O) groups excluding carboxylic acids is 1. The number of hydrogen-bond donors (Lipinski definition) is 2. The summed E-state index contributed by atoms with van der Waals surface area (Å²) < 4.78 is 54.5. The van der Waals surface area contributed by atoms with Gasteiger partial charge in [0.15, 0.2) is 5.82 Å². The van der Waals surface area contributed by atoms with Gasteiger partial charge >= 0.3 is 11.7 Å². The number of likely N-dealkylation sites (N-methyl/N-ethyl adjacent to an activating group) is 1. The van der Waals surface area contributed by atoms with Gasteiger partial charge < -0.3 is 19.0 Å². The van der Waals surface area contributed by atoms with Crippen LogP contribution in [0.4, 0.5) is 14.9 Å². The summed E-state index contributed by atoms with van der Waals surface area (Å²) in [4.78, 5) is 28.6. The Kier molecular flexibility index (Phi) is 10.1. The predicted octanol–water partition coefficient (Wildman–Crippen LogP) is 4.54. The van der Waals surface area contributed by atoms with Gasteiger partial charge in [-0.25, -0.2) is 18.7 Å². The van der Waals surface area contributed by atoms with Gasteiger partial charge in [0.1, 0.15) is 11.3 Å². The van der Waals surface area contributed by atoms with Gasteiger partial charge in [-0.2, -0.15) is 8.42 Å². The Balaban J connectivity index is 2.18. The summed E-state index contributed by atoms with van der Waals surface area (Å²) in [6.45, 7) is 5.86. The fraction of sp³-hybridized carbons (Fsp3) is 0.241. The minimum Gasteiger partial charge on any atom is -0.422 e. The number of allylic oxidation sites excluding steroid dienone is 4. The highest BCUT2D eigenvalue weighted by Crippen LogP contribution is 2.29. The zero-order valence-electron chi connectivity index (χ0n) is 23.5. The van der Waals surface area contributed by atoms with Crippen LogP contribution in [-0.2, 0) is 23.2 Å². The molecule has 3 rings (SSSR count). The van der Waals surface area contributed by atoms with E-state index < -0.39 is 27.7 Å². The van der Waals surface area contributed by atoms with Gasteiger partial charge in [0.2, 0.25) is 0 Å². The Morgan fingerprint density at radius 1 is 1.17 bits per heavy atom. The quantitative estimate of drug-likeness (QED) is 0.251. The molecule has 0 saturated carbocycles. The van der Waals surface area contributed by atoms with E-state index in [4.69, 9.17) is 9.15 Å². The molecule has 0 fully saturated rings.